The third-order valence-corrected chi connectivity index (χ3v) is 10.7. The molecular formula is C49H33N. The van der Waals surface area contributed by atoms with Crippen LogP contribution in [-0.2, 0) is 5.41 Å². The van der Waals surface area contributed by atoms with Crippen molar-refractivity contribution in [1.82, 2.24) is 0 Å². The fourth-order valence-electron chi connectivity index (χ4n) is 8.64. The number of rotatable bonds is 5. The SMILES string of the molecule is c1ccc(-c2ccc(N(c3ccccc3)c3ccc(-c4cccc5c4C4(c6ccccc6-c6ccccc64)c4ccccc4-5)cc3)cc2)cc1. The molecule has 0 aromatic heterocycles. The van der Waals surface area contributed by atoms with Gasteiger partial charge in [-0.05, 0) is 103 Å². The van der Waals surface area contributed by atoms with Crippen LogP contribution in [0.25, 0.3) is 44.5 Å². The van der Waals surface area contributed by atoms with Crippen LogP contribution in [-0.4, -0.2) is 0 Å². The summed E-state index contributed by atoms with van der Waals surface area (Å²) in [7, 11) is 0. The molecule has 0 unspecified atom stereocenters. The van der Waals surface area contributed by atoms with Crippen molar-refractivity contribution in [3.63, 3.8) is 0 Å². The van der Waals surface area contributed by atoms with Crippen molar-refractivity contribution in [2.45, 2.75) is 5.41 Å². The van der Waals surface area contributed by atoms with Crippen molar-refractivity contribution in [2.75, 3.05) is 4.90 Å². The number of hydrogen-bond donors (Lipinski definition) is 0. The molecule has 10 rings (SSSR count). The highest BCUT2D eigenvalue weighted by Gasteiger charge is 2.52. The smallest absolute Gasteiger partial charge is 0.0731 e. The molecule has 2 aliphatic rings. The largest absolute Gasteiger partial charge is 0.311 e. The maximum Gasteiger partial charge on any atom is 0.0731 e. The molecule has 50 heavy (non-hydrogen) atoms. The van der Waals surface area contributed by atoms with Crippen molar-refractivity contribution < 1.29 is 0 Å². The van der Waals surface area contributed by atoms with E-state index in [4.69, 9.17) is 0 Å². The molecule has 0 N–H and O–H groups in total. The Morgan fingerprint density at radius 1 is 0.260 bits per heavy atom. The molecule has 0 saturated heterocycles. The van der Waals surface area contributed by atoms with Gasteiger partial charge in [-0.3, -0.25) is 0 Å². The highest BCUT2D eigenvalue weighted by molar-refractivity contribution is 5.98. The summed E-state index contributed by atoms with van der Waals surface area (Å²) in [6, 6.07) is 73.2. The van der Waals surface area contributed by atoms with E-state index >= 15 is 0 Å². The summed E-state index contributed by atoms with van der Waals surface area (Å²) < 4.78 is 0. The summed E-state index contributed by atoms with van der Waals surface area (Å²) in [6.45, 7) is 0. The van der Waals surface area contributed by atoms with Crippen LogP contribution >= 0.6 is 0 Å². The number of para-hydroxylation sites is 1. The molecule has 1 nitrogen and oxygen atoms in total. The van der Waals surface area contributed by atoms with E-state index in [1.54, 1.807) is 0 Å². The van der Waals surface area contributed by atoms with Crippen molar-refractivity contribution in [3.8, 4) is 44.5 Å². The van der Waals surface area contributed by atoms with Gasteiger partial charge in [0.05, 0.1) is 5.41 Å². The fraction of sp³-hybridized carbons (Fsp3) is 0.0204. The van der Waals surface area contributed by atoms with Crippen LogP contribution in [0.3, 0.4) is 0 Å². The van der Waals surface area contributed by atoms with Crippen LogP contribution < -0.4 is 4.90 Å². The Balaban J connectivity index is 1.13. The molecular weight excluding hydrogens is 603 g/mol. The summed E-state index contributed by atoms with van der Waals surface area (Å²) in [4.78, 5) is 2.34. The number of fused-ring (bicyclic) bond motifs is 10. The van der Waals surface area contributed by atoms with E-state index in [2.05, 4.69) is 205 Å². The molecule has 0 aliphatic heterocycles. The van der Waals surface area contributed by atoms with Gasteiger partial charge in [-0.15, -0.1) is 0 Å². The normalized spacial score (nSPS) is 13.0. The average Bonchev–Trinajstić information content (AvgIpc) is 3.67. The molecule has 8 aromatic rings. The van der Waals surface area contributed by atoms with Crippen LogP contribution in [0, 0.1) is 0 Å². The lowest BCUT2D eigenvalue weighted by atomic mass is 9.68. The Bertz CT molecular complexity index is 2450. The quantitative estimate of drug-likeness (QED) is 0.182. The third kappa shape index (κ3) is 4.14. The highest BCUT2D eigenvalue weighted by atomic mass is 15.1. The summed E-state index contributed by atoms with van der Waals surface area (Å²) in [5.74, 6) is 0. The van der Waals surface area contributed by atoms with Crippen molar-refractivity contribution in [3.05, 3.63) is 222 Å². The van der Waals surface area contributed by atoms with Crippen LogP contribution in [0.2, 0.25) is 0 Å². The second-order valence-corrected chi connectivity index (χ2v) is 13.2. The van der Waals surface area contributed by atoms with Crippen LogP contribution in [0.5, 0.6) is 0 Å². The Kier molecular flexibility index (Phi) is 6.47. The Morgan fingerprint density at radius 2 is 0.640 bits per heavy atom. The zero-order valence-electron chi connectivity index (χ0n) is 27.5. The summed E-state index contributed by atoms with van der Waals surface area (Å²) in [5, 5.41) is 0. The summed E-state index contributed by atoms with van der Waals surface area (Å²) in [6.07, 6.45) is 0. The predicted octanol–water partition coefficient (Wildman–Crippen LogP) is 12.8. The predicted molar refractivity (Wildman–Crippen MR) is 208 cm³/mol. The van der Waals surface area contributed by atoms with Gasteiger partial charge in [-0.1, -0.05) is 164 Å². The zero-order chi connectivity index (χ0) is 33.1. The standard InChI is InChI=1S/C49H33N/c1-3-14-34(15-4-1)35-26-30-38(31-27-35)50(37-16-5-2-6-17-37)39-32-28-36(29-33-39)40-21-13-22-44-43-20-9-12-25-47(43)49(48(40)44)45-23-10-7-18-41(45)42-19-8-11-24-46(42)49/h1-33H. The van der Waals surface area contributed by atoms with E-state index in [9.17, 15) is 0 Å². The Hall–Kier alpha value is -6.44. The van der Waals surface area contributed by atoms with Gasteiger partial charge in [-0.2, -0.15) is 0 Å². The van der Waals surface area contributed by atoms with E-state index < -0.39 is 0 Å². The second-order valence-electron chi connectivity index (χ2n) is 13.2. The van der Waals surface area contributed by atoms with E-state index in [0.717, 1.165) is 17.1 Å². The van der Waals surface area contributed by atoms with Crippen molar-refractivity contribution in [2.24, 2.45) is 0 Å². The maximum atomic E-state index is 2.35. The van der Waals surface area contributed by atoms with Gasteiger partial charge in [-0.25, -0.2) is 0 Å². The highest BCUT2D eigenvalue weighted by Crippen LogP contribution is 2.64. The van der Waals surface area contributed by atoms with Crippen molar-refractivity contribution in [1.29, 1.82) is 0 Å². The molecule has 0 amide bonds. The molecule has 1 heteroatoms. The minimum absolute atomic E-state index is 0.384. The van der Waals surface area contributed by atoms with Crippen LogP contribution in [0.15, 0.2) is 200 Å². The molecule has 0 radical (unpaired) electrons. The lowest BCUT2D eigenvalue weighted by Crippen LogP contribution is -2.26. The van der Waals surface area contributed by atoms with Gasteiger partial charge < -0.3 is 4.90 Å². The fourth-order valence-corrected chi connectivity index (χ4v) is 8.64. The summed E-state index contributed by atoms with van der Waals surface area (Å²) in [5.41, 5.74) is 18.7. The van der Waals surface area contributed by atoms with Gasteiger partial charge in [0.15, 0.2) is 0 Å². The molecule has 0 saturated carbocycles. The first-order valence-electron chi connectivity index (χ1n) is 17.4. The minimum atomic E-state index is -0.384. The molecule has 0 bridgehead atoms. The first-order chi connectivity index (χ1) is 24.8. The van der Waals surface area contributed by atoms with Gasteiger partial charge in [0.25, 0.3) is 0 Å². The monoisotopic (exact) mass is 635 g/mol. The molecule has 0 atom stereocenters. The number of hydrogen-bond acceptors (Lipinski definition) is 1. The number of benzene rings is 8. The van der Waals surface area contributed by atoms with Gasteiger partial charge in [0.1, 0.15) is 0 Å². The lowest BCUT2D eigenvalue weighted by molar-refractivity contribution is 0.796. The first-order valence-corrected chi connectivity index (χ1v) is 17.4. The van der Waals surface area contributed by atoms with Crippen molar-refractivity contribution >= 4 is 17.1 Å². The molecule has 0 heterocycles. The molecule has 1 spiro atoms. The number of nitrogens with zero attached hydrogens (tertiary/aromatic N) is 1. The molecule has 2 aliphatic carbocycles. The van der Waals surface area contributed by atoms with E-state index in [-0.39, 0.29) is 5.41 Å². The van der Waals surface area contributed by atoms with Gasteiger partial charge in [0.2, 0.25) is 0 Å². The van der Waals surface area contributed by atoms with E-state index in [1.807, 2.05) is 0 Å². The second kappa shape index (κ2) is 11.3. The first kappa shape index (κ1) is 28.6. The molecule has 234 valence electrons. The minimum Gasteiger partial charge on any atom is -0.311 e. The molecule has 8 aromatic carbocycles. The average molecular weight is 636 g/mol. The third-order valence-electron chi connectivity index (χ3n) is 10.7. The van der Waals surface area contributed by atoms with E-state index in [0.29, 0.717) is 0 Å². The summed E-state index contributed by atoms with van der Waals surface area (Å²) >= 11 is 0. The Morgan fingerprint density at radius 3 is 1.20 bits per heavy atom. The zero-order valence-corrected chi connectivity index (χ0v) is 27.5. The number of anilines is 3. The Labute approximate surface area is 293 Å². The molecule has 0 fully saturated rings. The maximum absolute atomic E-state index is 2.35. The lowest BCUT2D eigenvalue weighted by Gasteiger charge is -2.32. The van der Waals surface area contributed by atoms with E-state index in [1.165, 1.54) is 66.8 Å². The van der Waals surface area contributed by atoms with Gasteiger partial charge >= 0.3 is 0 Å². The van der Waals surface area contributed by atoms with Gasteiger partial charge in [0, 0.05) is 17.1 Å². The van der Waals surface area contributed by atoms with Crippen LogP contribution in [0.4, 0.5) is 17.1 Å². The topological polar surface area (TPSA) is 3.24 Å². The van der Waals surface area contributed by atoms with Crippen LogP contribution in [0.1, 0.15) is 22.3 Å².